The Morgan fingerprint density at radius 2 is 2.17 bits per heavy atom. The van der Waals surface area contributed by atoms with E-state index < -0.39 is 24.6 Å². The molecule has 98 valence electrons. The van der Waals surface area contributed by atoms with Gasteiger partial charge in [-0.05, 0) is 28.1 Å². The third-order valence-corrected chi connectivity index (χ3v) is 2.36. The maximum absolute atomic E-state index is 13.0. The Balaban J connectivity index is 2.49. The molecule has 0 saturated heterocycles. The van der Waals surface area contributed by atoms with Crippen molar-refractivity contribution in [2.45, 2.75) is 12.6 Å². The van der Waals surface area contributed by atoms with E-state index in [2.05, 4.69) is 20.9 Å². The van der Waals surface area contributed by atoms with Crippen LogP contribution in [0.15, 0.2) is 22.8 Å². The number of nitrogens with zero attached hydrogens (tertiary/aromatic N) is 1. The predicted molar refractivity (Wildman–Crippen MR) is 64.1 cm³/mol. The van der Waals surface area contributed by atoms with Crippen molar-refractivity contribution in [2.24, 2.45) is 0 Å². The molecule has 0 bridgehead atoms. The highest BCUT2D eigenvalue weighted by molar-refractivity contribution is 9.10. The summed E-state index contributed by atoms with van der Waals surface area (Å²) in [5.74, 6) is -1.69. The lowest BCUT2D eigenvalue weighted by Crippen LogP contribution is -2.45. The molecule has 18 heavy (non-hydrogen) atoms. The van der Waals surface area contributed by atoms with Crippen molar-refractivity contribution in [3.05, 3.63) is 28.5 Å². The van der Waals surface area contributed by atoms with E-state index in [-0.39, 0.29) is 12.1 Å². The van der Waals surface area contributed by atoms with Gasteiger partial charge < -0.3 is 5.11 Å². The normalized spacial score (nSPS) is 11.7. The molecule has 0 aliphatic carbocycles. The number of rotatable bonds is 4. The van der Waals surface area contributed by atoms with Gasteiger partial charge in [0.15, 0.2) is 6.17 Å². The molecule has 6 nitrogen and oxygen atoms in total. The summed E-state index contributed by atoms with van der Waals surface area (Å²) in [5.41, 5.74) is 4.00. The second-order valence-electron chi connectivity index (χ2n) is 3.27. The number of pyridine rings is 1. The highest BCUT2D eigenvalue weighted by Gasteiger charge is 2.17. The highest BCUT2D eigenvalue weighted by Crippen LogP contribution is 2.05. The molecule has 0 radical (unpaired) electrons. The molecule has 2 amide bonds. The third kappa shape index (κ3) is 4.38. The first-order valence-corrected chi connectivity index (χ1v) is 5.81. The van der Waals surface area contributed by atoms with E-state index in [9.17, 15) is 14.0 Å². The van der Waals surface area contributed by atoms with Gasteiger partial charge in [-0.3, -0.25) is 20.4 Å². The molecule has 1 aromatic heterocycles. The van der Waals surface area contributed by atoms with Gasteiger partial charge in [-0.25, -0.2) is 9.37 Å². The van der Waals surface area contributed by atoms with Gasteiger partial charge in [-0.2, -0.15) is 0 Å². The van der Waals surface area contributed by atoms with Crippen molar-refractivity contribution in [1.82, 2.24) is 15.8 Å². The molecule has 0 aromatic carbocycles. The number of hydrazine groups is 1. The minimum absolute atomic E-state index is 0.0715. The summed E-state index contributed by atoms with van der Waals surface area (Å²) < 4.78 is 13.4. The Hall–Kier alpha value is -1.54. The molecule has 0 aliphatic rings. The topological polar surface area (TPSA) is 91.3 Å². The van der Waals surface area contributed by atoms with Crippen LogP contribution in [0.2, 0.25) is 0 Å². The first-order valence-electron chi connectivity index (χ1n) is 5.02. The number of alkyl halides is 1. The second-order valence-corrected chi connectivity index (χ2v) is 4.08. The van der Waals surface area contributed by atoms with E-state index in [0.717, 1.165) is 0 Å². The Bertz CT molecular complexity index is 444. The Labute approximate surface area is 111 Å². The van der Waals surface area contributed by atoms with Crippen molar-refractivity contribution in [2.75, 3.05) is 6.61 Å². The van der Waals surface area contributed by atoms with Crippen molar-refractivity contribution < 1.29 is 19.1 Å². The zero-order valence-electron chi connectivity index (χ0n) is 9.19. The summed E-state index contributed by atoms with van der Waals surface area (Å²) in [6.45, 7) is -0.449. The Morgan fingerprint density at radius 1 is 1.44 bits per heavy atom. The average molecular weight is 320 g/mol. The molecular formula is C10H11BrFN3O3. The van der Waals surface area contributed by atoms with Crippen LogP contribution in [0.4, 0.5) is 4.39 Å². The van der Waals surface area contributed by atoms with E-state index in [1.165, 1.54) is 6.07 Å². The average Bonchev–Trinajstić information content (AvgIpc) is 2.35. The van der Waals surface area contributed by atoms with Crippen LogP contribution in [0.3, 0.4) is 0 Å². The summed E-state index contributed by atoms with van der Waals surface area (Å²) >= 11 is 3.09. The molecule has 0 saturated carbocycles. The van der Waals surface area contributed by atoms with Crippen LogP contribution in [0.1, 0.15) is 16.9 Å². The number of hydrogen-bond donors (Lipinski definition) is 3. The standard InChI is InChI=1S/C10H11BrFN3O3/c11-8-3-1-2-7(13-8)10(18)15-14-9(17)6(12)4-5-16/h1-3,6,16H,4-5H2,(H,14,17)(H,15,18). The third-order valence-electron chi connectivity index (χ3n) is 1.91. The molecule has 0 spiro atoms. The molecule has 1 rings (SSSR count). The van der Waals surface area contributed by atoms with Crippen molar-refractivity contribution in [1.29, 1.82) is 0 Å². The van der Waals surface area contributed by atoms with Gasteiger partial charge in [0, 0.05) is 13.0 Å². The number of aliphatic hydroxyl groups excluding tert-OH is 1. The van der Waals surface area contributed by atoms with E-state index in [1.54, 1.807) is 12.1 Å². The van der Waals surface area contributed by atoms with Gasteiger partial charge in [0.2, 0.25) is 0 Å². The number of aromatic nitrogens is 1. The van der Waals surface area contributed by atoms with Gasteiger partial charge in [0.25, 0.3) is 11.8 Å². The first-order chi connectivity index (χ1) is 8.54. The van der Waals surface area contributed by atoms with E-state index >= 15 is 0 Å². The zero-order valence-corrected chi connectivity index (χ0v) is 10.8. The number of carbonyl (C=O) groups excluding carboxylic acids is 2. The number of hydrogen-bond acceptors (Lipinski definition) is 4. The molecule has 0 fully saturated rings. The molecule has 0 aliphatic heterocycles. The monoisotopic (exact) mass is 319 g/mol. The molecule has 1 unspecified atom stereocenters. The predicted octanol–water partition coefficient (Wildman–Crippen LogP) is 0.326. The van der Waals surface area contributed by atoms with Crippen molar-refractivity contribution in [3.63, 3.8) is 0 Å². The summed E-state index contributed by atoms with van der Waals surface area (Å²) in [6.07, 6.45) is -2.19. The Morgan fingerprint density at radius 3 is 2.78 bits per heavy atom. The van der Waals surface area contributed by atoms with Gasteiger partial charge in [-0.15, -0.1) is 0 Å². The lowest BCUT2D eigenvalue weighted by atomic mass is 10.3. The first kappa shape index (κ1) is 14.5. The van der Waals surface area contributed by atoms with Crippen LogP contribution in [0.25, 0.3) is 0 Å². The van der Waals surface area contributed by atoms with E-state index in [1.807, 2.05) is 10.9 Å². The fourth-order valence-electron chi connectivity index (χ4n) is 1.04. The molecule has 3 N–H and O–H groups in total. The van der Waals surface area contributed by atoms with Crippen molar-refractivity contribution >= 4 is 27.7 Å². The molecule has 8 heteroatoms. The summed E-state index contributed by atoms with van der Waals surface area (Å²) in [4.78, 5) is 26.4. The largest absolute Gasteiger partial charge is 0.396 e. The van der Waals surface area contributed by atoms with Crippen LogP contribution in [0, 0.1) is 0 Å². The molecular weight excluding hydrogens is 309 g/mol. The van der Waals surface area contributed by atoms with E-state index in [4.69, 9.17) is 5.11 Å². The number of amides is 2. The maximum atomic E-state index is 13.0. The van der Waals surface area contributed by atoms with Gasteiger partial charge in [0.1, 0.15) is 10.3 Å². The molecule has 1 aromatic rings. The van der Waals surface area contributed by atoms with Crippen LogP contribution < -0.4 is 10.9 Å². The Kier molecular flexibility index (Phi) is 5.66. The number of halogens is 2. The fraction of sp³-hybridized carbons (Fsp3) is 0.300. The maximum Gasteiger partial charge on any atom is 0.288 e. The lowest BCUT2D eigenvalue weighted by molar-refractivity contribution is -0.127. The molecule has 1 atom stereocenters. The van der Waals surface area contributed by atoms with Crippen LogP contribution >= 0.6 is 15.9 Å². The minimum Gasteiger partial charge on any atom is -0.396 e. The summed E-state index contributed by atoms with van der Waals surface area (Å²) in [6, 6.07) is 4.67. The SMILES string of the molecule is O=C(NNC(=O)C(F)CCO)c1cccc(Br)n1. The summed E-state index contributed by atoms with van der Waals surface area (Å²) in [5, 5.41) is 8.45. The van der Waals surface area contributed by atoms with E-state index in [0.29, 0.717) is 4.60 Å². The highest BCUT2D eigenvalue weighted by atomic mass is 79.9. The quantitative estimate of drug-likeness (QED) is 0.551. The zero-order chi connectivity index (χ0) is 13.5. The summed E-state index contributed by atoms with van der Waals surface area (Å²) in [7, 11) is 0. The second kappa shape index (κ2) is 7.02. The minimum atomic E-state index is -1.87. The van der Waals surface area contributed by atoms with Crippen LogP contribution in [-0.2, 0) is 4.79 Å². The molecule has 1 heterocycles. The van der Waals surface area contributed by atoms with Crippen LogP contribution in [-0.4, -0.2) is 34.7 Å². The van der Waals surface area contributed by atoms with Gasteiger partial charge in [0.05, 0.1) is 0 Å². The fourth-order valence-corrected chi connectivity index (χ4v) is 1.38. The number of aliphatic hydroxyl groups is 1. The smallest absolute Gasteiger partial charge is 0.288 e. The number of carbonyl (C=O) groups is 2. The number of nitrogens with one attached hydrogen (secondary N) is 2. The van der Waals surface area contributed by atoms with Gasteiger partial charge >= 0.3 is 0 Å². The van der Waals surface area contributed by atoms with Crippen LogP contribution in [0.5, 0.6) is 0 Å². The lowest BCUT2D eigenvalue weighted by Gasteiger charge is -2.09. The van der Waals surface area contributed by atoms with Crippen molar-refractivity contribution in [3.8, 4) is 0 Å². The van der Waals surface area contributed by atoms with Gasteiger partial charge in [-0.1, -0.05) is 6.07 Å².